The predicted molar refractivity (Wildman–Crippen MR) is 75.3 cm³/mol. The molecule has 6 nitrogen and oxygen atoms in total. The molecule has 0 aromatic carbocycles. The van der Waals surface area contributed by atoms with E-state index in [9.17, 15) is 4.79 Å². The lowest BCUT2D eigenvalue weighted by atomic mass is 10.3. The summed E-state index contributed by atoms with van der Waals surface area (Å²) in [5.74, 6) is 0.911. The first-order valence-electron chi connectivity index (χ1n) is 6.20. The van der Waals surface area contributed by atoms with Crippen LogP contribution in [0.4, 0.5) is 5.95 Å². The number of rotatable bonds is 6. The summed E-state index contributed by atoms with van der Waals surface area (Å²) in [5.41, 5.74) is 1.03. The number of nitrogens with one attached hydrogen (secondary N) is 2. The van der Waals surface area contributed by atoms with E-state index in [1.165, 1.54) is 0 Å². The molecule has 0 aliphatic carbocycles. The highest BCUT2D eigenvalue weighted by Gasteiger charge is 2.09. The zero-order valence-electron chi connectivity index (χ0n) is 11.2. The van der Waals surface area contributed by atoms with E-state index in [0.717, 1.165) is 5.76 Å². The maximum atomic E-state index is 11.8. The van der Waals surface area contributed by atoms with Crippen LogP contribution in [0.2, 0.25) is 0 Å². The Bertz CT molecular complexity index is 593. The predicted octanol–water partition coefficient (Wildman–Crippen LogP) is 1.91. The standard InChI is InChI=1S/C14H16N4O2/c1-3-6-15-13(19)12-8-10(2)17-14(18-12)16-9-11-5-4-7-20-11/h3-5,7-8H,1,6,9H2,2H3,(H,15,19)(H,16,17,18). The van der Waals surface area contributed by atoms with Crippen molar-refractivity contribution in [1.82, 2.24) is 15.3 Å². The SMILES string of the molecule is C=CCNC(=O)c1cc(C)nc(NCc2ccco2)n1. The molecule has 2 heterocycles. The number of anilines is 1. The summed E-state index contributed by atoms with van der Waals surface area (Å²) in [7, 11) is 0. The molecule has 0 spiro atoms. The molecule has 0 aliphatic rings. The minimum atomic E-state index is -0.253. The van der Waals surface area contributed by atoms with Gasteiger partial charge in [0.05, 0.1) is 12.8 Å². The molecule has 1 amide bonds. The van der Waals surface area contributed by atoms with Gasteiger partial charge in [0.2, 0.25) is 5.95 Å². The largest absolute Gasteiger partial charge is 0.467 e. The summed E-state index contributed by atoms with van der Waals surface area (Å²) in [6.07, 6.45) is 3.21. The second kappa shape index (κ2) is 6.51. The van der Waals surface area contributed by atoms with Gasteiger partial charge >= 0.3 is 0 Å². The lowest BCUT2D eigenvalue weighted by Crippen LogP contribution is -2.25. The maximum Gasteiger partial charge on any atom is 0.270 e. The summed E-state index contributed by atoms with van der Waals surface area (Å²) in [5, 5.41) is 5.70. The van der Waals surface area contributed by atoms with E-state index < -0.39 is 0 Å². The smallest absolute Gasteiger partial charge is 0.270 e. The second-order valence-corrected chi connectivity index (χ2v) is 4.15. The van der Waals surface area contributed by atoms with Crippen LogP contribution in [-0.4, -0.2) is 22.4 Å². The molecule has 0 bridgehead atoms. The zero-order valence-corrected chi connectivity index (χ0v) is 11.2. The maximum absolute atomic E-state index is 11.8. The van der Waals surface area contributed by atoms with Crippen molar-refractivity contribution in [3.05, 3.63) is 54.3 Å². The summed E-state index contributed by atoms with van der Waals surface area (Å²) in [6, 6.07) is 5.29. The lowest BCUT2D eigenvalue weighted by molar-refractivity contribution is 0.0953. The third-order valence-electron chi connectivity index (χ3n) is 2.49. The number of amides is 1. The van der Waals surface area contributed by atoms with Gasteiger partial charge < -0.3 is 15.1 Å². The average Bonchev–Trinajstić information content (AvgIpc) is 2.95. The van der Waals surface area contributed by atoms with E-state index in [0.29, 0.717) is 30.4 Å². The van der Waals surface area contributed by atoms with Crippen LogP contribution in [0, 0.1) is 6.92 Å². The molecule has 0 atom stereocenters. The highest BCUT2D eigenvalue weighted by Crippen LogP contribution is 2.07. The number of furan rings is 1. The fourth-order valence-corrected chi connectivity index (χ4v) is 1.60. The molecule has 0 saturated heterocycles. The lowest BCUT2D eigenvalue weighted by Gasteiger charge is -2.07. The topological polar surface area (TPSA) is 80.0 Å². The third-order valence-corrected chi connectivity index (χ3v) is 2.49. The highest BCUT2D eigenvalue weighted by molar-refractivity contribution is 5.92. The Kier molecular flexibility index (Phi) is 4.49. The minimum absolute atomic E-state index is 0.253. The normalized spacial score (nSPS) is 10.1. The van der Waals surface area contributed by atoms with Gasteiger partial charge in [-0.05, 0) is 25.1 Å². The molecule has 104 valence electrons. The van der Waals surface area contributed by atoms with E-state index in [1.807, 2.05) is 19.1 Å². The van der Waals surface area contributed by atoms with Crippen molar-refractivity contribution < 1.29 is 9.21 Å². The fraction of sp³-hybridized carbons (Fsp3) is 0.214. The molecule has 2 aromatic heterocycles. The summed E-state index contributed by atoms with van der Waals surface area (Å²) >= 11 is 0. The molecule has 20 heavy (non-hydrogen) atoms. The fourth-order valence-electron chi connectivity index (χ4n) is 1.60. The van der Waals surface area contributed by atoms with Crippen LogP contribution in [0.3, 0.4) is 0 Å². The Morgan fingerprint density at radius 2 is 2.35 bits per heavy atom. The van der Waals surface area contributed by atoms with Crippen LogP contribution in [0.25, 0.3) is 0 Å². The Morgan fingerprint density at radius 3 is 3.05 bits per heavy atom. The van der Waals surface area contributed by atoms with Crippen LogP contribution in [0.5, 0.6) is 0 Å². The third kappa shape index (κ3) is 3.68. The van der Waals surface area contributed by atoms with Crippen molar-refractivity contribution in [2.75, 3.05) is 11.9 Å². The van der Waals surface area contributed by atoms with Gasteiger partial charge in [-0.3, -0.25) is 4.79 Å². The van der Waals surface area contributed by atoms with E-state index in [1.54, 1.807) is 18.4 Å². The monoisotopic (exact) mass is 272 g/mol. The van der Waals surface area contributed by atoms with Gasteiger partial charge in [0.25, 0.3) is 5.91 Å². The molecule has 0 aliphatic heterocycles. The molecular weight excluding hydrogens is 256 g/mol. The van der Waals surface area contributed by atoms with Crippen molar-refractivity contribution in [2.45, 2.75) is 13.5 Å². The van der Waals surface area contributed by atoms with Crippen LogP contribution < -0.4 is 10.6 Å². The molecule has 2 aromatic rings. The summed E-state index contributed by atoms with van der Waals surface area (Å²) < 4.78 is 5.21. The van der Waals surface area contributed by atoms with Gasteiger partial charge in [-0.15, -0.1) is 6.58 Å². The molecule has 0 unspecified atom stereocenters. The van der Waals surface area contributed by atoms with Crippen molar-refractivity contribution in [3.63, 3.8) is 0 Å². The van der Waals surface area contributed by atoms with Gasteiger partial charge in [-0.2, -0.15) is 0 Å². The number of nitrogens with zero attached hydrogens (tertiary/aromatic N) is 2. The summed E-state index contributed by atoms with van der Waals surface area (Å²) in [6.45, 7) is 6.22. The van der Waals surface area contributed by atoms with Crippen LogP contribution in [0.1, 0.15) is 21.9 Å². The van der Waals surface area contributed by atoms with Crippen LogP contribution >= 0.6 is 0 Å². The number of hydrogen-bond acceptors (Lipinski definition) is 5. The molecule has 2 rings (SSSR count). The van der Waals surface area contributed by atoms with Gasteiger partial charge in [0.15, 0.2) is 0 Å². The average molecular weight is 272 g/mol. The Balaban J connectivity index is 2.07. The number of carbonyl (C=O) groups is 1. The van der Waals surface area contributed by atoms with E-state index in [2.05, 4.69) is 27.2 Å². The van der Waals surface area contributed by atoms with E-state index >= 15 is 0 Å². The van der Waals surface area contributed by atoms with Gasteiger partial charge in [-0.25, -0.2) is 9.97 Å². The number of aryl methyl sites for hydroxylation is 1. The first kappa shape index (κ1) is 13.8. The van der Waals surface area contributed by atoms with E-state index in [4.69, 9.17) is 4.42 Å². The van der Waals surface area contributed by atoms with Gasteiger partial charge in [-0.1, -0.05) is 6.08 Å². The minimum Gasteiger partial charge on any atom is -0.467 e. The van der Waals surface area contributed by atoms with Crippen molar-refractivity contribution in [1.29, 1.82) is 0 Å². The molecule has 0 saturated carbocycles. The van der Waals surface area contributed by atoms with Gasteiger partial charge in [0, 0.05) is 12.2 Å². The Hall–Kier alpha value is -2.63. The molecule has 0 fully saturated rings. The van der Waals surface area contributed by atoms with Crippen LogP contribution in [0.15, 0.2) is 41.5 Å². The van der Waals surface area contributed by atoms with E-state index in [-0.39, 0.29) is 5.91 Å². The van der Waals surface area contributed by atoms with Crippen LogP contribution in [-0.2, 0) is 6.54 Å². The number of carbonyl (C=O) groups excluding carboxylic acids is 1. The molecule has 0 radical (unpaired) electrons. The molecule has 6 heteroatoms. The molecule has 2 N–H and O–H groups in total. The highest BCUT2D eigenvalue weighted by atomic mass is 16.3. The van der Waals surface area contributed by atoms with Crippen molar-refractivity contribution in [3.8, 4) is 0 Å². The first-order valence-corrected chi connectivity index (χ1v) is 6.20. The first-order chi connectivity index (χ1) is 9.69. The quantitative estimate of drug-likeness (QED) is 0.785. The number of aromatic nitrogens is 2. The van der Waals surface area contributed by atoms with Crippen molar-refractivity contribution in [2.24, 2.45) is 0 Å². The zero-order chi connectivity index (χ0) is 14.4. The number of hydrogen-bond donors (Lipinski definition) is 2. The van der Waals surface area contributed by atoms with Gasteiger partial charge in [0.1, 0.15) is 11.5 Å². The Morgan fingerprint density at radius 1 is 1.50 bits per heavy atom. The van der Waals surface area contributed by atoms with Crippen molar-refractivity contribution >= 4 is 11.9 Å². The molecular formula is C14H16N4O2. The Labute approximate surface area is 116 Å². The summed E-state index contributed by atoms with van der Waals surface area (Å²) in [4.78, 5) is 20.3. The second-order valence-electron chi connectivity index (χ2n) is 4.15.